The molecule has 3 rings (SSSR count). The van der Waals surface area contributed by atoms with E-state index >= 15 is 0 Å². The van der Waals surface area contributed by atoms with Gasteiger partial charge in [-0.05, 0) is 12.1 Å². The number of methoxy groups -OCH3 is 2. The first-order valence-corrected chi connectivity index (χ1v) is 6.18. The Morgan fingerprint density at radius 2 is 1.85 bits per heavy atom. The van der Waals surface area contributed by atoms with Crippen LogP contribution in [0.5, 0.6) is 11.5 Å². The number of halogens is 1. The molecule has 2 heterocycles. The molecule has 0 saturated heterocycles. The predicted octanol–water partition coefficient (Wildman–Crippen LogP) is 2.49. The van der Waals surface area contributed by atoms with E-state index in [-0.39, 0.29) is 0 Å². The summed E-state index contributed by atoms with van der Waals surface area (Å²) in [6.45, 7) is 0. The number of aromatic nitrogens is 4. The Bertz CT molecular complexity index is 772. The van der Waals surface area contributed by atoms with Crippen molar-refractivity contribution in [2.75, 3.05) is 14.2 Å². The molecule has 0 fully saturated rings. The van der Waals surface area contributed by atoms with Gasteiger partial charge in [0, 0.05) is 6.07 Å². The van der Waals surface area contributed by atoms with Gasteiger partial charge in [-0.1, -0.05) is 11.6 Å². The number of fused-ring (bicyclic) bond motifs is 1. The van der Waals surface area contributed by atoms with Crippen LogP contribution >= 0.6 is 11.6 Å². The van der Waals surface area contributed by atoms with Crippen molar-refractivity contribution >= 4 is 22.8 Å². The number of imidazole rings is 1. The predicted molar refractivity (Wildman–Crippen MR) is 74.8 cm³/mol. The molecule has 0 aliphatic heterocycles. The lowest BCUT2D eigenvalue weighted by atomic mass is 10.2. The van der Waals surface area contributed by atoms with E-state index in [4.69, 9.17) is 21.1 Å². The van der Waals surface area contributed by atoms with Gasteiger partial charge in [-0.25, -0.2) is 15.0 Å². The Hall–Kier alpha value is -2.34. The van der Waals surface area contributed by atoms with Crippen molar-refractivity contribution in [1.29, 1.82) is 0 Å². The van der Waals surface area contributed by atoms with E-state index in [1.165, 1.54) is 6.33 Å². The van der Waals surface area contributed by atoms with E-state index < -0.39 is 0 Å². The van der Waals surface area contributed by atoms with Crippen LogP contribution in [-0.4, -0.2) is 33.7 Å². The molecule has 0 unspecified atom stereocenters. The van der Waals surface area contributed by atoms with Crippen molar-refractivity contribution in [3.8, 4) is 17.2 Å². The summed E-state index contributed by atoms with van der Waals surface area (Å²) in [5.74, 6) is 1.29. The molecule has 6 nitrogen and oxygen atoms in total. The summed E-state index contributed by atoms with van der Waals surface area (Å²) in [7, 11) is 3.18. The van der Waals surface area contributed by atoms with Crippen molar-refractivity contribution in [2.24, 2.45) is 0 Å². The summed E-state index contributed by atoms with van der Waals surface area (Å²) < 4.78 is 12.3. The maximum atomic E-state index is 5.99. The minimum atomic E-state index is 0.328. The lowest BCUT2D eigenvalue weighted by Gasteiger charge is -2.10. The van der Waals surface area contributed by atoms with Gasteiger partial charge in [-0.3, -0.25) is 4.57 Å². The van der Waals surface area contributed by atoms with E-state index in [0.717, 1.165) is 5.69 Å². The first-order chi connectivity index (χ1) is 9.74. The molecule has 2 aromatic heterocycles. The fraction of sp³-hybridized carbons (Fsp3) is 0.154. The highest BCUT2D eigenvalue weighted by atomic mass is 35.5. The quantitative estimate of drug-likeness (QED) is 0.694. The van der Waals surface area contributed by atoms with Gasteiger partial charge in [0.05, 0.1) is 19.9 Å². The van der Waals surface area contributed by atoms with E-state index in [2.05, 4.69) is 15.0 Å². The molecule has 0 radical (unpaired) electrons. The topological polar surface area (TPSA) is 62.1 Å². The van der Waals surface area contributed by atoms with Gasteiger partial charge in [-0.2, -0.15) is 0 Å². The average molecular weight is 291 g/mol. The Balaban J connectivity index is 2.18. The highest BCUT2D eigenvalue weighted by Gasteiger charge is 2.12. The number of rotatable bonds is 3. The molecular weight excluding hydrogens is 280 g/mol. The van der Waals surface area contributed by atoms with Crippen LogP contribution in [0, 0.1) is 0 Å². The molecule has 0 aliphatic rings. The van der Waals surface area contributed by atoms with Crippen LogP contribution in [-0.2, 0) is 0 Å². The summed E-state index contributed by atoms with van der Waals surface area (Å²) in [6.07, 6.45) is 3.05. The van der Waals surface area contributed by atoms with E-state index in [9.17, 15) is 0 Å². The number of benzene rings is 1. The second kappa shape index (κ2) is 4.97. The molecule has 20 heavy (non-hydrogen) atoms. The molecule has 0 spiro atoms. The largest absolute Gasteiger partial charge is 0.493 e. The first-order valence-electron chi connectivity index (χ1n) is 5.80. The Labute approximate surface area is 120 Å². The van der Waals surface area contributed by atoms with Crippen LogP contribution in [0.3, 0.4) is 0 Å². The Morgan fingerprint density at radius 1 is 1.05 bits per heavy atom. The third kappa shape index (κ3) is 1.94. The van der Waals surface area contributed by atoms with E-state index in [1.54, 1.807) is 20.5 Å². The van der Waals surface area contributed by atoms with Crippen molar-refractivity contribution in [1.82, 2.24) is 19.5 Å². The maximum Gasteiger partial charge on any atom is 0.169 e. The second-order valence-electron chi connectivity index (χ2n) is 3.99. The van der Waals surface area contributed by atoms with E-state index in [0.29, 0.717) is 27.8 Å². The second-order valence-corrected chi connectivity index (χ2v) is 4.35. The van der Waals surface area contributed by atoms with Crippen LogP contribution in [0.15, 0.2) is 30.9 Å². The van der Waals surface area contributed by atoms with Gasteiger partial charge in [0.15, 0.2) is 22.3 Å². The maximum absolute atomic E-state index is 5.99. The third-order valence-corrected chi connectivity index (χ3v) is 3.21. The monoisotopic (exact) mass is 290 g/mol. The summed E-state index contributed by atoms with van der Waals surface area (Å²) in [5.41, 5.74) is 2.04. The lowest BCUT2D eigenvalue weighted by molar-refractivity contribution is 0.355. The highest BCUT2D eigenvalue weighted by Crippen LogP contribution is 2.30. The number of hydrogen-bond acceptors (Lipinski definition) is 5. The molecule has 0 atom stereocenters. The molecule has 0 amide bonds. The third-order valence-electron chi connectivity index (χ3n) is 2.93. The normalized spacial score (nSPS) is 10.8. The molecule has 0 bridgehead atoms. The molecular formula is C13H11ClN4O2. The Kier molecular flexibility index (Phi) is 3.15. The highest BCUT2D eigenvalue weighted by molar-refractivity contribution is 6.33. The van der Waals surface area contributed by atoms with Gasteiger partial charge >= 0.3 is 0 Å². The summed E-state index contributed by atoms with van der Waals surface area (Å²) in [5, 5.41) is 0.328. The zero-order valence-corrected chi connectivity index (χ0v) is 11.6. The van der Waals surface area contributed by atoms with Crippen LogP contribution in [0.2, 0.25) is 5.15 Å². The van der Waals surface area contributed by atoms with Gasteiger partial charge in [-0.15, -0.1) is 0 Å². The lowest BCUT2D eigenvalue weighted by Crippen LogP contribution is -1.97. The van der Waals surface area contributed by atoms with Gasteiger partial charge < -0.3 is 9.47 Å². The zero-order chi connectivity index (χ0) is 14.1. The van der Waals surface area contributed by atoms with Crippen molar-refractivity contribution in [2.45, 2.75) is 0 Å². The SMILES string of the molecule is COc1ccc(-n2cnc3c(Cl)ncnc32)cc1OC. The minimum Gasteiger partial charge on any atom is -0.493 e. The molecule has 0 saturated carbocycles. The molecule has 0 aliphatic carbocycles. The first kappa shape index (κ1) is 12.7. The summed E-state index contributed by atoms with van der Waals surface area (Å²) in [6, 6.07) is 5.55. The van der Waals surface area contributed by atoms with Gasteiger partial charge in [0.25, 0.3) is 0 Å². The number of hydrogen-bond donors (Lipinski definition) is 0. The Morgan fingerprint density at radius 3 is 2.60 bits per heavy atom. The molecule has 7 heteroatoms. The fourth-order valence-corrected chi connectivity index (χ4v) is 2.15. The molecule has 3 aromatic rings. The van der Waals surface area contributed by atoms with Crippen LogP contribution < -0.4 is 9.47 Å². The minimum absolute atomic E-state index is 0.328. The smallest absolute Gasteiger partial charge is 0.169 e. The van der Waals surface area contributed by atoms with Crippen LogP contribution in [0.1, 0.15) is 0 Å². The standard InChI is InChI=1S/C13H11ClN4O2/c1-19-9-4-3-8(5-10(9)20-2)18-7-17-11-12(14)15-6-16-13(11)18/h3-7H,1-2H3. The van der Waals surface area contributed by atoms with Crippen LogP contribution in [0.4, 0.5) is 0 Å². The number of nitrogens with zero attached hydrogens (tertiary/aromatic N) is 4. The summed E-state index contributed by atoms with van der Waals surface area (Å²) in [4.78, 5) is 12.3. The summed E-state index contributed by atoms with van der Waals surface area (Å²) >= 11 is 5.99. The molecule has 0 N–H and O–H groups in total. The van der Waals surface area contributed by atoms with E-state index in [1.807, 2.05) is 22.8 Å². The molecule has 1 aromatic carbocycles. The van der Waals surface area contributed by atoms with Crippen molar-refractivity contribution in [3.05, 3.63) is 36.0 Å². The number of ether oxygens (including phenoxy) is 2. The fourth-order valence-electron chi connectivity index (χ4n) is 1.97. The van der Waals surface area contributed by atoms with Gasteiger partial charge in [0.1, 0.15) is 18.2 Å². The van der Waals surface area contributed by atoms with Crippen LogP contribution in [0.25, 0.3) is 16.9 Å². The average Bonchev–Trinajstić information content (AvgIpc) is 2.92. The van der Waals surface area contributed by atoms with Crippen molar-refractivity contribution in [3.63, 3.8) is 0 Å². The zero-order valence-electron chi connectivity index (χ0n) is 10.9. The molecule has 102 valence electrons. The van der Waals surface area contributed by atoms with Crippen molar-refractivity contribution < 1.29 is 9.47 Å². The van der Waals surface area contributed by atoms with Gasteiger partial charge in [0.2, 0.25) is 0 Å².